The molecule has 1 heterocycles. The Balaban J connectivity index is 1.98. The highest BCUT2D eigenvalue weighted by Gasteiger charge is 2.09. The normalized spacial score (nSPS) is 11.7. The summed E-state index contributed by atoms with van der Waals surface area (Å²) in [5.74, 6) is -0.0127. The molecule has 0 saturated heterocycles. The smallest absolute Gasteiger partial charge is 0.255 e. The monoisotopic (exact) mass is 303 g/mol. The van der Waals surface area contributed by atoms with Gasteiger partial charge >= 0.3 is 0 Å². The first-order chi connectivity index (χ1) is 10.6. The van der Waals surface area contributed by atoms with Crippen molar-refractivity contribution < 1.29 is 14.2 Å². The van der Waals surface area contributed by atoms with Crippen LogP contribution in [0.5, 0.6) is 5.75 Å². The maximum atomic E-state index is 10.6. The van der Waals surface area contributed by atoms with E-state index in [4.69, 9.17) is 21.9 Å². The summed E-state index contributed by atoms with van der Waals surface area (Å²) in [5, 5.41) is 14.4. The van der Waals surface area contributed by atoms with Gasteiger partial charge in [-0.15, -0.1) is 5.10 Å². The topological polar surface area (TPSA) is 168 Å². The number of hydrogen-bond donors (Lipinski definition) is 3. The average Bonchev–Trinajstić information content (AvgIpc) is 2.92. The van der Waals surface area contributed by atoms with Crippen molar-refractivity contribution in [3.8, 4) is 5.75 Å². The number of anilines is 1. The minimum Gasteiger partial charge on any atom is -0.484 e. The van der Waals surface area contributed by atoms with Gasteiger partial charge in [-0.3, -0.25) is 4.79 Å². The maximum Gasteiger partial charge on any atom is 0.255 e. The molecule has 0 fully saturated rings. The van der Waals surface area contributed by atoms with Gasteiger partial charge in [0.1, 0.15) is 5.75 Å². The van der Waals surface area contributed by atoms with Crippen LogP contribution in [0.25, 0.3) is 0 Å². The number of primary amides is 1. The molecule has 10 nitrogen and oxygen atoms in total. The number of amidine groups is 1. The van der Waals surface area contributed by atoms with Crippen molar-refractivity contribution in [3.63, 3.8) is 0 Å². The summed E-state index contributed by atoms with van der Waals surface area (Å²) in [7, 11) is 0. The second kappa shape index (κ2) is 6.83. The Kier molecular flexibility index (Phi) is 4.65. The van der Waals surface area contributed by atoms with Crippen LogP contribution in [0.4, 0.5) is 5.82 Å². The number of ether oxygens (including phenoxy) is 1. The highest BCUT2D eigenvalue weighted by Crippen LogP contribution is 2.11. The lowest BCUT2D eigenvalue weighted by Gasteiger charge is -2.02. The Morgan fingerprint density at radius 1 is 1.27 bits per heavy atom. The third-order valence-electron chi connectivity index (χ3n) is 2.39. The predicted molar refractivity (Wildman–Crippen MR) is 78.2 cm³/mol. The largest absolute Gasteiger partial charge is 0.484 e. The van der Waals surface area contributed by atoms with Gasteiger partial charge < -0.3 is 21.9 Å². The van der Waals surface area contributed by atoms with E-state index in [1.807, 2.05) is 0 Å². The molecule has 0 aliphatic heterocycles. The zero-order chi connectivity index (χ0) is 15.9. The van der Waals surface area contributed by atoms with Gasteiger partial charge in [0, 0.05) is 0 Å². The molecule has 1 aromatic heterocycles. The Labute approximate surface area is 124 Å². The van der Waals surface area contributed by atoms with Gasteiger partial charge in [-0.2, -0.15) is 5.10 Å². The van der Waals surface area contributed by atoms with Crippen LogP contribution in [0.3, 0.4) is 0 Å². The third kappa shape index (κ3) is 4.03. The van der Waals surface area contributed by atoms with E-state index in [-0.39, 0.29) is 24.0 Å². The summed E-state index contributed by atoms with van der Waals surface area (Å²) in [5.41, 5.74) is 16.9. The van der Waals surface area contributed by atoms with Gasteiger partial charge in [0.2, 0.25) is 0 Å². The lowest BCUT2D eigenvalue weighted by molar-refractivity contribution is -0.119. The molecule has 1 aromatic carbocycles. The molecule has 0 unspecified atom stereocenters. The van der Waals surface area contributed by atoms with Crippen LogP contribution in [0.1, 0.15) is 11.3 Å². The van der Waals surface area contributed by atoms with Crippen LogP contribution >= 0.6 is 0 Å². The average molecular weight is 303 g/mol. The van der Waals surface area contributed by atoms with E-state index in [1.54, 1.807) is 24.3 Å². The van der Waals surface area contributed by atoms with Crippen molar-refractivity contribution in [2.45, 2.75) is 0 Å². The molecule has 0 radical (unpaired) electrons. The first-order valence-electron chi connectivity index (χ1n) is 6.02. The fourth-order valence-corrected chi connectivity index (χ4v) is 1.38. The predicted octanol–water partition coefficient (Wildman–Crippen LogP) is -0.745. The first-order valence-corrected chi connectivity index (χ1v) is 6.02. The summed E-state index contributed by atoms with van der Waals surface area (Å²) < 4.78 is 9.52. The Hall–Kier alpha value is -3.43. The van der Waals surface area contributed by atoms with E-state index in [9.17, 15) is 4.79 Å². The molecule has 0 bridgehead atoms. The molecule has 6 N–H and O–H groups in total. The van der Waals surface area contributed by atoms with Gasteiger partial charge in [0.05, 0.1) is 6.21 Å². The number of aromatic nitrogens is 2. The summed E-state index contributed by atoms with van der Waals surface area (Å²) >= 11 is 0. The van der Waals surface area contributed by atoms with Crippen LogP contribution in [0, 0.1) is 0 Å². The van der Waals surface area contributed by atoms with Crippen LogP contribution in [-0.2, 0) is 4.79 Å². The lowest BCUT2D eigenvalue weighted by atomic mass is 10.2. The molecular formula is C12H13N7O3. The number of benzene rings is 1. The van der Waals surface area contributed by atoms with Crippen LogP contribution in [0.2, 0.25) is 0 Å². The van der Waals surface area contributed by atoms with E-state index in [0.29, 0.717) is 5.75 Å². The second-order valence-electron chi connectivity index (χ2n) is 4.05. The Bertz CT molecular complexity index is 706. The van der Waals surface area contributed by atoms with Crippen molar-refractivity contribution in [2.75, 3.05) is 12.3 Å². The Morgan fingerprint density at radius 3 is 2.59 bits per heavy atom. The van der Waals surface area contributed by atoms with Gasteiger partial charge in [-0.25, -0.2) is 4.63 Å². The van der Waals surface area contributed by atoms with Crippen molar-refractivity contribution in [1.29, 1.82) is 0 Å². The molecule has 2 aromatic rings. The molecular weight excluding hydrogens is 290 g/mol. The number of carbonyl (C=O) groups is 1. The summed E-state index contributed by atoms with van der Waals surface area (Å²) in [6.45, 7) is -0.179. The number of rotatable bonds is 6. The van der Waals surface area contributed by atoms with E-state index < -0.39 is 5.91 Å². The van der Waals surface area contributed by atoms with Gasteiger partial charge in [0.15, 0.2) is 24.0 Å². The molecule has 0 spiro atoms. The molecule has 114 valence electrons. The fourth-order valence-electron chi connectivity index (χ4n) is 1.38. The van der Waals surface area contributed by atoms with Crippen molar-refractivity contribution in [3.05, 3.63) is 35.5 Å². The molecule has 2 rings (SSSR count). The Morgan fingerprint density at radius 2 is 2.00 bits per heavy atom. The quantitative estimate of drug-likeness (QED) is 0.358. The van der Waals surface area contributed by atoms with Crippen molar-refractivity contribution in [2.24, 2.45) is 21.7 Å². The molecule has 0 saturated carbocycles. The summed E-state index contributed by atoms with van der Waals surface area (Å²) in [6.07, 6.45) is 1.47. The highest BCUT2D eigenvalue weighted by atomic mass is 16.6. The molecule has 22 heavy (non-hydrogen) atoms. The number of amides is 1. The number of nitrogen functional groups attached to an aromatic ring is 1. The minimum absolute atomic E-state index is 0.0172. The zero-order valence-corrected chi connectivity index (χ0v) is 11.3. The lowest BCUT2D eigenvalue weighted by Crippen LogP contribution is -2.19. The minimum atomic E-state index is -0.544. The van der Waals surface area contributed by atoms with E-state index in [2.05, 4.69) is 25.1 Å². The van der Waals surface area contributed by atoms with Crippen LogP contribution in [-0.4, -0.2) is 34.9 Å². The number of nitrogens with zero attached hydrogens (tertiary/aromatic N) is 4. The molecule has 10 heteroatoms. The first kappa shape index (κ1) is 15.0. The van der Waals surface area contributed by atoms with E-state index >= 15 is 0 Å². The third-order valence-corrected chi connectivity index (χ3v) is 2.39. The number of nitrogens with two attached hydrogens (primary N) is 3. The fraction of sp³-hybridized carbons (Fsp3) is 0.0833. The van der Waals surface area contributed by atoms with Gasteiger partial charge in [0.25, 0.3) is 5.91 Å². The molecule has 1 amide bonds. The highest BCUT2D eigenvalue weighted by molar-refractivity contribution is 5.99. The SMILES string of the molecule is NC(=O)COc1ccc(/C=N/N=C(\N)c2nonc2N)cc1. The van der Waals surface area contributed by atoms with Gasteiger partial charge in [-0.1, -0.05) is 0 Å². The number of carbonyl (C=O) groups excluding carboxylic acids is 1. The number of hydrogen-bond acceptors (Lipinski definition) is 8. The molecule has 0 aliphatic carbocycles. The van der Waals surface area contributed by atoms with Crippen LogP contribution in [0.15, 0.2) is 39.1 Å². The zero-order valence-electron chi connectivity index (χ0n) is 11.3. The standard InChI is InChI=1S/C12H13N7O3/c13-9(20)6-21-8-3-1-7(2-4-8)5-16-17-11(14)10-12(15)19-22-18-10/h1-5H,6H2,(H2,13,20)(H2,14,17)(H2,15,19)/b16-5+. The summed E-state index contributed by atoms with van der Waals surface area (Å²) in [6, 6.07) is 6.77. The molecule has 0 aliphatic rings. The van der Waals surface area contributed by atoms with Crippen LogP contribution < -0.4 is 21.9 Å². The van der Waals surface area contributed by atoms with E-state index in [1.165, 1.54) is 6.21 Å². The van der Waals surface area contributed by atoms with Crippen molar-refractivity contribution >= 4 is 23.8 Å². The van der Waals surface area contributed by atoms with Crippen molar-refractivity contribution in [1.82, 2.24) is 10.3 Å². The summed E-state index contributed by atoms with van der Waals surface area (Å²) in [4.78, 5) is 10.6. The molecule has 0 atom stereocenters. The van der Waals surface area contributed by atoms with E-state index in [0.717, 1.165) is 5.56 Å². The second-order valence-corrected chi connectivity index (χ2v) is 4.05. The maximum absolute atomic E-state index is 10.6. The van der Waals surface area contributed by atoms with Gasteiger partial charge in [-0.05, 0) is 40.1 Å².